The van der Waals surface area contributed by atoms with Crippen LogP contribution in [-0.2, 0) is 9.84 Å². The average molecular weight is 262 g/mol. The van der Waals surface area contributed by atoms with Crippen LogP contribution >= 0.6 is 0 Å². The van der Waals surface area contributed by atoms with Crippen LogP contribution in [0.4, 0.5) is 0 Å². The summed E-state index contributed by atoms with van der Waals surface area (Å²) in [4.78, 5) is 0. The maximum atomic E-state index is 11.2. The molecule has 0 radical (unpaired) electrons. The first kappa shape index (κ1) is 12.8. The zero-order valence-electron chi connectivity index (χ0n) is 9.78. The highest BCUT2D eigenvalue weighted by atomic mass is 32.2. The Morgan fingerprint density at radius 2 is 2.11 bits per heavy atom. The molecule has 0 aromatic heterocycles. The van der Waals surface area contributed by atoms with E-state index in [4.69, 9.17) is 5.26 Å². The standard InChI is InChI=1S/C13H14N2O2S/c14-8-12(11-4-2-1-3-5-11)9-15-13-6-7-18(16,17)10-13/h1-7,12-13,15H,9-10H2. The van der Waals surface area contributed by atoms with E-state index < -0.39 is 9.84 Å². The van der Waals surface area contributed by atoms with Crippen LogP contribution in [0.3, 0.4) is 0 Å². The quantitative estimate of drug-likeness (QED) is 0.885. The number of benzene rings is 1. The summed E-state index contributed by atoms with van der Waals surface area (Å²) in [5, 5.41) is 13.5. The Hall–Kier alpha value is -1.64. The second kappa shape index (κ2) is 5.34. The van der Waals surface area contributed by atoms with E-state index >= 15 is 0 Å². The molecular formula is C13H14N2O2S. The van der Waals surface area contributed by atoms with E-state index in [0.717, 1.165) is 5.56 Å². The molecule has 2 unspecified atom stereocenters. The normalized spacial score (nSPS) is 22.5. The third-order valence-electron chi connectivity index (χ3n) is 2.87. The van der Waals surface area contributed by atoms with Gasteiger partial charge in [0.25, 0.3) is 0 Å². The van der Waals surface area contributed by atoms with Gasteiger partial charge in [0.15, 0.2) is 9.84 Å². The lowest BCUT2D eigenvalue weighted by Gasteiger charge is -2.14. The highest BCUT2D eigenvalue weighted by Crippen LogP contribution is 2.15. The van der Waals surface area contributed by atoms with E-state index in [1.165, 1.54) is 5.41 Å². The minimum atomic E-state index is -3.04. The average Bonchev–Trinajstić information content (AvgIpc) is 2.71. The summed E-state index contributed by atoms with van der Waals surface area (Å²) in [6, 6.07) is 11.5. The molecule has 2 rings (SSSR count). The highest BCUT2D eigenvalue weighted by molar-refractivity contribution is 7.94. The predicted molar refractivity (Wildman–Crippen MR) is 69.5 cm³/mol. The van der Waals surface area contributed by atoms with Crippen LogP contribution in [0.15, 0.2) is 41.8 Å². The molecule has 1 N–H and O–H groups in total. The van der Waals surface area contributed by atoms with E-state index in [1.54, 1.807) is 6.08 Å². The number of hydrogen-bond donors (Lipinski definition) is 1. The number of nitrogens with zero attached hydrogens (tertiary/aromatic N) is 1. The molecule has 94 valence electrons. The van der Waals surface area contributed by atoms with Gasteiger partial charge in [-0.3, -0.25) is 0 Å². The number of nitrogens with one attached hydrogen (secondary N) is 1. The smallest absolute Gasteiger partial charge is 0.173 e. The molecule has 1 aromatic rings. The van der Waals surface area contributed by atoms with Crippen LogP contribution in [0.1, 0.15) is 11.5 Å². The summed E-state index contributed by atoms with van der Waals surface area (Å²) in [7, 11) is -3.04. The fraction of sp³-hybridized carbons (Fsp3) is 0.308. The van der Waals surface area contributed by atoms with E-state index in [-0.39, 0.29) is 17.7 Å². The maximum absolute atomic E-state index is 11.2. The molecule has 0 bridgehead atoms. The van der Waals surface area contributed by atoms with Crippen molar-refractivity contribution in [3.05, 3.63) is 47.4 Å². The fourth-order valence-corrected chi connectivity index (χ4v) is 3.17. The molecular weight excluding hydrogens is 248 g/mol. The SMILES string of the molecule is N#CC(CNC1C=CS(=O)(=O)C1)c1ccccc1. The molecule has 0 aliphatic carbocycles. The third kappa shape index (κ3) is 3.19. The van der Waals surface area contributed by atoms with Gasteiger partial charge in [0.1, 0.15) is 0 Å². The van der Waals surface area contributed by atoms with E-state index in [2.05, 4.69) is 11.4 Å². The Bertz CT molecular complexity index is 573. The van der Waals surface area contributed by atoms with Crippen LogP contribution in [0.5, 0.6) is 0 Å². The summed E-state index contributed by atoms with van der Waals surface area (Å²) in [6.07, 6.45) is 1.63. The second-order valence-corrected chi connectivity index (χ2v) is 6.20. The monoisotopic (exact) mass is 262 g/mol. The van der Waals surface area contributed by atoms with Crippen molar-refractivity contribution >= 4 is 9.84 Å². The zero-order valence-corrected chi connectivity index (χ0v) is 10.6. The predicted octanol–water partition coefficient (Wildman–Crippen LogP) is 1.19. The van der Waals surface area contributed by atoms with Gasteiger partial charge in [0.2, 0.25) is 0 Å². The Labute approximate surface area is 107 Å². The Morgan fingerprint density at radius 3 is 2.67 bits per heavy atom. The van der Waals surface area contributed by atoms with Crippen LogP contribution in [0.2, 0.25) is 0 Å². The van der Waals surface area contributed by atoms with Gasteiger partial charge in [-0.15, -0.1) is 0 Å². The van der Waals surface area contributed by atoms with Gasteiger partial charge in [0.05, 0.1) is 17.7 Å². The number of rotatable bonds is 4. The Morgan fingerprint density at radius 1 is 1.39 bits per heavy atom. The molecule has 0 saturated carbocycles. The van der Waals surface area contributed by atoms with Gasteiger partial charge < -0.3 is 5.32 Å². The van der Waals surface area contributed by atoms with Crippen molar-refractivity contribution in [2.75, 3.05) is 12.3 Å². The molecule has 0 fully saturated rings. The number of nitriles is 1. The topological polar surface area (TPSA) is 70.0 Å². The van der Waals surface area contributed by atoms with E-state index in [9.17, 15) is 8.42 Å². The molecule has 0 spiro atoms. The van der Waals surface area contributed by atoms with Gasteiger partial charge >= 0.3 is 0 Å². The van der Waals surface area contributed by atoms with Crippen molar-refractivity contribution in [3.63, 3.8) is 0 Å². The molecule has 1 aliphatic rings. The van der Waals surface area contributed by atoms with Crippen molar-refractivity contribution < 1.29 is 8.42 Å². The summed E-state index contributed by atoms with van der Waals surface area (Å²) in [5.41, 5.74) is 0.942. The van der Waals surface area contributed by atoms with Gasteiger partial charge in [-0.2, -0.15) is 5.26 Å². The van der Waals surface area contributed by atoms with Crippen molar-refractivity contribution in [1.82, 2.24) is 5.32 Å². The van der Waals surface area contributed by atoms with Crippen molar-refractivity contribution in [2.24, 2.45) is 0 Å². The first-order chi connectivity index (χ1) is 8.61. The van der Waals surface area contributed by atoms with Gasteiger partial charge in [-0.25, -0.2) is 8.42 Å². The fourth-order valence-electron chi connectivity index (χ4n) is 1.90. The molecule has 4 nitrogen and oxygen atoms in total. The summed E-state index contributed by atoms with van der Waals surface area (Å²) in [6.45, 7) is 0.449. The van der Waals surface area contributed by atoms with Gasteiger partial charge in [-0.1, -0.05) is 36.4 Å². The van der Waals surface area contributed by atoms with Crippen LogP contribution in [0.25, 0.3) is 0 Å². The van der Waals surface area contributed by atoms with Crippen LogP contribution in [0, 0.1) is 11.3 Å². The maximum Gasteiger partial charge on any atom is 0.173 e. The van der Waals surface area contributed by atoms with Crippen LogP contribution < -0.4 is 5.32 Å². The molecule has 18 heavy (non-hydrogen) atoms. The first-order valence-electron chi connectivity index (χ1n) is 5.69. The van der Waals surface area contributed by atoms with E-state index in [1.807, 2.05) is 30.3 Å². The lowest BCUT2D eigenvalue weighted by Crippen LogP contribution is -2.33. The number of sulfone groups is 1. The summed E-state index contributed by atoms with van der Waals surface area (Å²) in [5.74, 6) is -0.178. The molecule has 5 heteroatoms. The molecule has 1 heterocycles. The molecule has 0 amide bonds. The first-order valence-corrected chi connectivity index (χ1v) is 7.41. The van der Waals surface area contributed by atoms with Crippen molar-refractivity contribution in [3.8, 4) is 6.07 Å². The minimum Gasteiger partial charge on any atom is -0.308 e. The zero-order chi connectivity index (χ0) is 13.0. The highest BCUT2D eigenvalue weighted by Gasteiger charge is 2.22. The van der Waals surface area contributed by atoms with Crippen molar-refractivity contribution in [2.45, 2.75) is 12.0 Å². The molecule has 0 saturated heterocycles. The van der Waals surface area contributed by atoms with E-state index in [0.29, 0.717) is 6.54 Å². The number of hydrogen-bond acceptors (Lipinski definition) is 4. The lowest BCUT2D eigenvalue weighted by atomic mass is 10.0. The lowest BCUT2D eigenvalue weighted by molar-refractivity contribution is 0.584. The van der Waals surface area contributed by atoms with Gasteiger partial charge in [-0.05, 0) is 5.56 Å². The summed E-state index contributed by atoms with van der Waals surface area (Å²) >= 11 is 0. The van der Waals surface area contributed by atoms with Crippen LogP contribution in [-0.4, -0.2) is 26.8 Å². The Kier molecular flexibility index (Phi) is 3.80. The largest absolute Gasteiger partial charge is 0.308 e. The minimum absolute atomic E-state index is 0.0833. The molecule has 1 aromatic carbocycles. The second-order valence-electron chi connectivity index (χ2n) is 4.27. The Balaban J connectivity index is 1.94. The molecule has 1 aliphatic heterocycles. The van der Waals surface area contributed by atoms with Gasteiger partial charge in [0, 0.05) is 18.0 Å². The van der Waals surface area contributed by atoms with Crippen molar-refractivity contribution in [1.29, 1.82) is 5.26 Å². The summed E-state index contributed by atoms with van der Waals surface area (Å²) < 4.78 is 22.5. The molecule has 2 atom stereocenters. The third-order valence-corrected chi connectivity index (χ3v) is 4.27.